The minimum atomic E-state index is -4.38. The van der Waals surface area contributed by atoms with Crippen LogP contribution in [0.4, 0.5) is 13.6 Å². The molecule has 137 heavy (non-hydrogen) atoms. The second kappa shape index (κ2) is 46.1. The van der Waals surface area contributed by atoms with E-state index in [0.717, 1.165) is 23.3 Å². The maximum Gasteiger partial charge on any atom is 0.419 e. The number of nitrogens with two attached hydrogens (primary N) is 3. The zero-order chi connectivity index (χ0) is 99.8. The highest BCUT2D eigenvalue weighted by atomic mass is 32.2. The van der Waals surface area contributed by atoms with E-state index in [1.165, 1.54) is 14.4 Å². The zero-order valence-electron chi connectivity index (χ0n) is 80.9. The van der Waals surface area contributed by atoms with Crippen LogP contribution in [0.2, 0.25) is 0 Å². The van der Waals surface area contributed by atoms with E-state index in [-0.39, 0.29) is 144 Å². The Kier molecular flexibility index (Phi) is 35.8. The van der Waals surface area contributed by atoms with E-state index in [1.54, 1.807) is 92.6 Å². The Hall–Kier alpha value is -11.1. The number of carbonyl (C=O) groups excluding carboxylic acids is 10. The van der Waals surface area contributed by atoms with Crippen molar-refractivity contribution in [1.29, 1.82) is 0 Å². The fourth-order valence-electron chi connectivity index (χ4n) is 18.8. The summed E-state index contributed by atoms with van der Waals surface area (Å²) < 4.78 is 129. The molecule has 6 heterocycles. The fraction of sp³-hybridized carbons (Fsp3) is 0.604. The second-order valence-electron chi connectivity index (χ2n) is 38.7. The summed E-state index contributed by atoms with van der Waals surface area (Å²) in [5.74, 6) is -8.96. The molecule has 4 fully saturated rings. The molecular formula is C96H137F2N17O20S2. The van der Waals surface area contributed by atoms with Crippen molar-refractivity contribution in [3.63, 3.8) is 0 Å². The number of hydrogen-bond acceptors (Lipinski definition) is 23. The van der Waals surface area contributed by atoms with E-state index < -0.39 is 187 Å². The molecule has 752 valence electrons. The van der Waals surface area contributed by atoms with Crippen molar-refractivity contribution in [1.82, 2.24) is 61.0 Å². The van der Waals surface area contributed by atoms with Gasteiger partial charge in [-0.05, 0) is 237 Å². The monoisotopic (exact) mass is 1950 g/mol. The van der Waals surface area contributed by atoms with Crippen molar-refractivity contribution < 1.29 is 102 Å². The summed E-state index contributed by atoms with van der Waals surface area (Å²) in [6.45, 7) is 23.3. The predicted molar refractivity (Wildman–Crippen MR) is 508 cm³/mol. The highest BCUT2D eigenvalue weighted by Crippen LogP contribution is 2.46. The number of hydrogen-bond donors (Lipinski definition) is 12. The molecule has 9 amide bonds. The molecule has 0 bridgehead atoms. The highest BCUT2D eigenvalue weighted by molar-refractivity contribution is 7.90. The van der Waals surface area contributed by atoms with Crippen LogP contribution in [0.25, 0.3) is 10.9 Å². The molecule has 7 atom stereocenters. The number of ether oxygens (including phenoxy) is 6. The van der Waals surface area contributed by atoms with Crippen LogP contribution in [0.1, 0.15) is 220 Å². The Bertz CT molecular complexity index is 5600. The van der Waals surface area contributed by atoms with E-state index in [4.69, 9.17) is 45.6 Å². The first kappa shape index (κ1) is 106. The summed E-state index contributed by atoms with van der Waals surface area (Å²) in [6, 6.07) is 0.676. The van der Waals surface area contributed by atoms with Gasteiger partial charge in [0.1, 0.15) is 94.4 Å². The van der Waals surface area contributed by atoms with Crippen LogP contribution in [0.5, 0.6) is 11.5 Å². The van der Waals surface area contributed by atoms with E-state index in [9.17, 15) is 31.2 Å². The molecule has 1 aromatic heterocycles. The van der Waals surface area contributed by atoms with E-state index in [1.807, 2.05) is 27.7 Å². The smallest absolute Gasteiger partial charge is 0.419 e. The molecular weight excluding hydrogens is 1810 g/mol. The molecule has 6 aliphatic rings. The highest BCUT2D eigenvalue weighted by Gasteiger charge is 2.51. The van der Waals surface area contributed by atoms with Gasteiger partial charge in [-0.2, -0.15) is 0 Å². The minimum Gasteiger partial charge on any atom is -0.487 e. The number of nitrogens with zero attached hydrogens (tertiary/aromatic N) is 5. The first-order chi connectivity index (χ1) is 64.7. The molecule has 37 nitrogen and oxygen atoms in total. The summed E-state index contributed by atoms with van der Waals surface area (Å²) in [7, 11) is -8.69. The lowest BCUT2D eigenvalue weighted by molar-refractivity contribution is -0.146. The lowest BCUT2D eigenvalue weighted by Gasteiger charge is -2.43. The Morgan fingerprint density at radius 2 is 1.15 bits per heavy atom. The van der Waals surface area contributed by atoms with Crippen molar-refractivity contribution in [2.24, 2.45) is 27.2 Å². The Balaban J connectivity index is 0.877. The lowest BCUT2D eigenvalue weighted by atomic mass is 9.75. The number of benzene rings is 4. The molecule has 4 aromatic carbocycles. The molecule has 0 radical (unpaired) electrons. The maximum atomic E-state index is 16.0. The van der Waals surface area contributed by atoms with Crippen molar-refractivity contribution in [2.45, 2.75) is 306 Å². The largest absolute Gasteiger partial charge is 0.487 e. The predicted octanol–water partition coefficient (Wildman–Crippen LogP) is 6.23. The van der Waals surface area contributed by atoms with E-state index in [2.05, 4.69) is 56.6 Å². The Labute approximate surface area is 800 Å². The number of aromatic nitrogens is 1. The number of carbonyl (C=O) groups is 10. The van der Waals surface area contributed by atoms with Gasteiger partial charge < -0.3 is 92.6 Å². The van der Waals surface area contributed by atoms with Crippen LogP contribution in [0, 0.1) is 53.2 Å². The molecule has 0 unspecified atom stereocenters. The topological polar surface area (TPSA) is 517 Å². The molecule has 5 aromatic rings. The third-order valence-corrected chi connectivity index (χ3v) is 29.1. The number of amides is 9. The number of nitrogens with one attached hydrogen (secondary N) is 9. The standard InChI is InChI=1S/C96H137F2N17O20S2/c1-56-58(3)80(60(5)67-53-94(10,11)133-78(56)67)136(126,127)111-90(100)103-38-22-29-69(105-77(116)55-132-46-45-131-44-43-130-42-36-99)82(117)107-72(52-66-50-63-27-19-20-31-74(63)115(66)92(125)135-93(7,8)9)84(119)106-70-28-18-16-14-15-17-21-37-102-85(120)75-32-24-40-113(75)87(122)71(30-23-39-104-91(101)112-137(128,129)81-59(4)57(2)79-68(61(81)6)54-95(12,13)134-79)109-89(124)96(34-26-35-96)110-86(121)76-33-25-41-114(76)88(123)73(108-83(70)118)49-62-47-64(97)51-65(98)48-62/h19-20,27,31,47-48,50-51,69-73,75-76H,14-18,21-26,28-30,32-46,49,52-55,99H2,1-13H3,(H,102,120)(H,105,116)(H,106,119)(H,107,117)(H,108,118)(H,109,124)(H,110,121)(H3,100,103,111)(H3,101,104,112)/t69-,70-,71-,72-,73-,75-,76-/m0/s1. The maximum absolute atomic E-state index is 16.0. The van der Waals surface area contributed by atoms with Gasteiger partial charge in [-0.25, -0.2) is 44.4 Å². The minimum absolute atomic E-state index is 0.00276. The van der Waals surface area contributed by atoms with Crippen LogP contribution >= 0.6 is 0 Å². The lowest BCUT2D eigenvalue weighted by Crippen LogP contribution is -2.67. The quantitative estimate of drug-likeness (QED) is 0.0133. The Morgan fingerprint density at radius 1 is 0.606 bits per heavy atom. The van der Waals surface area contributed by atoms with Gasteiger partial charge in [0.15, 0.2) is 0 Å². The van der Waals surface area contributed by atoms with Crippen LogP contribution in [-0.2, 0) is 108 Å². The van der Waals surface area contributed by atoms with Gasteiger partial charge in [0.25, 0.3) is 20.0 Å². The number of para-hydroxylation sites is 1. The van der Waals surface area contributed by atoms with Gasteiger partial charge >= 0.3 is 6.09 Å². The number of aliphatic imine (C=N–C) groups is 2. The van der Waals surface area contributed by atoms with Crippen molar-refractivity contribution in [2.75, 3.05) is 78.9 Å². The van der Waals surface area contributed by atoms with Gasteiger partial charge in [-0.15, -0.1) is 0 Å². The molecule has 1 aliphatic carbocycles. The number of halogens is 2. The van der Waals surface area contributed by atoms with Gasteiger partial charge in [0.2, 0.25) is 65.1 Å². The van der Waals surface area contributed by atoms with Crippen LogP contribution in [0.3, 0.4) is 0 Å². The molecule has 41 heteroatoms. The fourth-order valence-corrected chi connectivity index (χ4v) is 21.9. The number of fused-ring (bicyclic) bond motifs is 5. The van der Waals surface area contributed by atoms with Crippen molar-refractivity contribution in [3.8, 4) is 11.5 Å². The zero-order valence-corrected chi connectivity index (χ0v) is 82.5. The number of rotatable bonds is 31. The van der Waals surface area contributed by atoms with Crippen LogP contribution in [0.15, 0.2) is 68.3 Å². The third kappa shape index (κ3) is 27.3. The molecule has 1 spiro atoms. The summed E-state index contributed by atoms with van der Waals surface area (Å²) in [4.78, 5) is 163. The van der Waals surface area contributed by atoms with E-state index >= 15 is 42.3 Å². The summed E-state index contributed by atoms with van der Waals surface area (Å²) in [5, 5.41) is 20.5. The third-order valence-electron chi connectivity index (χ3n) is 25.9. The summed E-state index contributed by atoms with van der Waals surface area (Å²) >= 11 is 0. The first-order valence-corrected chi connectivity index (χ1v) is 50.4. The van der Waals surface area contributed by atoms with Crippen LogP contribution < -0.4 is 73.3 Å². The number of guanidine groups is 2. The first-order valence-electron chi connectivity index (χ1n) is 47.4. The average molecular weight is 1950 g/mol. The van der Waals surface area contributed by atoms with Crippen LogP contribution in [-0.4, -0.2) is 246 Å². The number of sulfonamides is 2. The normalized spacial score (nSPS) is 20.8. The van der Waals surface area contributed by atoms with E-state index in [0.29, 0.717) is 139 Å². The van der Waals surface area contributed by atoms with Gasteiger partial charge in [-0.3, -0.25) is 53.1 Å². The SMILES string of the molecule is Cc1c(C)c(S(=O)(=O)NC(N)=NCCC[C@H](NC(=O)COCCOCCOCCN)C(=O)N[C@@H](Cc2cc3ccccc3n2C(=O)OC(C)(C)C)C(=O)N[C@H]2CCCCCCCCNC(=O)[C@@H]3CCCN3C(=O)[C@H](CCCN=C(N)NS(=O)(=O)c3c(C)c(C)c4c(c3C)CC(C)(C)O4)NC(=O)C3(CCC3)NC(=O)[C@@H]3CCCN3C(=O)[C@H](Cc3cc(F)cc(F)c3)NC2=O)c(C)c2c1OC(C)(C)C2. The van der Waals surface area contributed by atoms with Crippen molar-refractivity contribution >= 4 is 102 Å². The second-order valence-corrected chi connectivity index (χ2v) is 42.0. The molecule has 15 N–H and O–H groups in total. The van der Waals surface area contributed by atoms with Gasteiger partial charge in [-0.1, -0.05) is 50.3 Å². The average Bonchev–Trinajstić information content (AvgIpc) is 1.62. The summed E-state index contributed by atoms with van der Waals surface area (Å²) in [6.07, 6.45) is 2.96. The molecule has 11 rings (SSSR count). The van der Waals surface area contributed by atoms with Crippen molar-refractivity contribution in [3.05, 3.63) is 116 Å². The van der Waals surface area contributed by atoms with Gasteiger partial charge in [0.05, 0.1) is 48.3 Å². The molecule has 3 saturated heterocycles. The summed E-state index contributed by atoms with van der Waals surface area (Å²) in [5.41, 5.74) is 19.4. The molecule has 5 aliphatic heterocycles. The van der Waals surface area contributed by atoms with Gasteiger partial charge in [0, 0.05) is 93.2 Å². The Morgan fingerprint density at radius 3 is 1.72 bits per heavy atom. The molecule has 1 saturated carbocycles.